The Balaban J connectivity index is 1.30. The number of rotatable bonds is 8. The number of aryl methyl sites for hydroxylation is 1. The second-order valence-corrected chi connectivity index (χ2v) is 12.7. The molecule has 0 aliphatic carbocycles. The molecular weight excluding hydrogens is 598 g/mol. The van der Waals surface area contributed by atoms with Gasteiger partial charge in [-0.15, -0.1) is 11.3 Å². The molecule has 1 aliphatic rings. The molecule has 4 aromatic rings. The van der Waals surface area contributed by atoms with Gasteiger partial charge in [0.2, 0.25) is 5.13 Å². The smallest absolute Gasteiger partial charge is 0.257 e. The maximum atomic E-state index is 13.8. The van der Waals surface area contributed by atoms with Crippen LogP contribution in [0.15, 0.2) is 64.6 Å². The van der Waals surface area contributed by atoms with Gasteiger partial charge in [0, 0.05) is 46.7 Å². The zero-order valence-electron chi connectivity index (χ0n) is 24.0. The highest BCUT2D eigenvalue weighted by Gasteiger charge is 2.33. The van der Waals surface area contributed by atoms with Gasteiger partial charge in [0.15, 0.2) is 0 Å². The van der Waals surface area contributed by atoms with Crippen LogP contribution >= 0.6 is 27.3 Å². The minimum atomic E-state index is -0.0926. The predicted octanol–water partition coefficient (Wildman–Crippen LogP) is 7.21. The number of piperazine rings is 1. The van der Waals surface area contributed by atoms with Crippen LogP contribution in [0.1, 0.15) is 78.4 Å². The molecule has 0 saturated carbocycles. The topological polar surface area (TPSA) is 71.3 Å². The van der Waals surface area contributed by atoms with Crippen LogP contribution in [0.5, 0.6) is 0 Å². The summed E-state index contributed by atoms with van der Waals surface area (Å²) in [7, 11) is 0. The van der Waals surface area contributed by atoms with Crippen molar-refractivity contribution in [1.82, 2.24) is 24.6 Å². The third kappa shape index (κ3) is 6.31. The van der Waals surface area contributed by atoms with E-state index in [9.17, 15) is 9.59 Å². The highest BCUT2D eigenvalue weighted by atomic mass is 79.9. The van der Waals surface area contributed by atoms with Crippen molar-refractivity contribution in [2.45, 2.75) is 58.9 Å². The Labute approximate surface area is 254 Å². The van der Waals surface area contributed by atoms with Crippen molar-refractivity contribution in [3.05, 3.63) is 87.0 Å². The van der Waals surface area contributed by atoms with E-state index in [1.807, 2.05) is 58.5 Å². The molecule has 2 amide bonds. The lowest BCUT2D eigenvalue weighted by atomic mass is 10.0. The third-order valence-electron chi connectivity index (χ3n) is 7.59. The lowest BCUT2D eigenvalue weighted by molar-refractivity contribution is 0.0413. The van der Waals surface area contributed by atoms with Gasteiger partial charge >= 0.3 is 0 Å². The zero-order valence-corrected chi connectivity index (χ0v) is 26.4. The van der Waals surface area contributed by atoms with Crippen molar-refractivity contribution in [2.24, 2.45) is 0 Å². The Morgan fingerprint density at radius 2 is 1.78 bits per heavy atom. The number of carbonyl (C=O) groups excluding carboxylic acids is 2. The number of amides is 2. The Hall–Kier alpha value is -3.30. The highest BCUT2D eigenvalue weighted by Crippen LogP contribution is 2.30. The monoisotopic (exact) mass is 633 g/mol. The maximum Gasteiger partial charge on any atom is 0.257 e. The molecule has 214 valence electrons. The summed E-state index contributed by atoms with van der Waals surface area (Å²) in [6.45, 7) is 9.79. The quantitative estimate of drug-likeness (QED) is 0.205. The van der Waals surface area contributed by atoms with E-state index < -0.39 is 0 Å². The molecule has 9 heteroatoms. The molecule has 7 nitrogen and oxygen atoms in total. The maximum absolute atomic E-state index is 13.8. The summed E-state index contributed by atoms with van der Waals surface area (Å²) in [5.74, 6) is 0.0358. The largest absolute Gasteiger partial charge is 0.335 e. The molecular formula is C32H36BrN5O2S. The van der Waals surface area contributed by atoms with Gasteiger partial charge in [0.05, 0.1) is 23.1 Å². The molecule has 1 saturated heterocycles. The number of carbonyl (C=O) groups is 2. The number of aromatic nitrogens is 3. The van der Waals surface area contributed by atoms with Crippen molar-refractivity contribution in [3.63, 3.8) is 0 Å². The fourth-order valence-corrected chi connectivity index (χ4v) is 6.39. The summed E-state index contributed by atoms with van der Waals surface area (Å²) >= 11 is 4.99. The van der Waals surface area contributed by atoms with Gasteiger partial charge in [-0.25, -0.2) is 9.67 Å². The molecule has 0 bridgehead atoms. The number of thiazole rings is 1. The fourth-order valence-electron chi connectivity index (χ4n) is 5.32. The first-order valence-electron chi connectivity index (χ1n) is 14.3. The van der Waals surface area contributed by atoms with E-state index in [4.69, 9.17) is 4.98 Å². The summed E-state index contributed by atoms with van der Waals surface area (Å²) in [6.07, 6.45) is 5.00. The van der Waals surface area contributed by atoms with Gasteiger partial charge in [-0.05, 0) is 55.5 Å². The molecule has 3 heterocycles. The molecule has 41 heavy (non-hydrogen) atoms. The van der Waals surface area contributed by atoms with Crippen LogP contribution < -0.4 is 0 Å². The highest BCUT2D eigenvalue weighted by molar-refractivity contribution is 9.10. The van der Waals surface area contributed by atoms with Gasteiger partial charge in [-0.3, -0.25) is 9.59 Å². The average molecular weight is 635 g/mol. The number of hydrogen-bond acceptors (Lipinski definition) is 5. The molecule has 1 aliphatic heterocycles. The van der Waals surface area contributed by atoms with E-state index in [-0.39, 0.29) is 23.8 Å². The Bertz CT molecular complexity index is 1510. The second-order valence-electron chi connectivity index (χ2n) is 10.9. The SMILES string of the molecule is CCCCc1ccc(C(=O)N2CCN(C(=O)c3cnn(-c4nc(-c5ccc(Br)cc5)cs4)c3C(C)C)CC2C)cc1. The Morgan fingerprint density at radius 1 is 1.05 bits per heavy atom. The summed E-state index contributed by atoms with van der Waals surface area (Å²) in [4.78, 5) is 35.7. The first-order chi connectivity index (χ1) is 19.8. The van der Waals surface area contributed by atoms with Gasteiger partial charge in [-0.2, -0.15) is 5.10 Å². The van der Waals surface area contributed by atoms with Crippen LogP contribution in [0.25, 0.3) is 16.4 Å². The molecule has 2 aromatic heterocycles. The van der Waals surface area contributed by atoms with E-state index in [0.717, 1.165) is 45.8 Å². The lowest BCUT2D eigenvalue weighted by Crippen LogP contribution is -2.55. The van der Waals surface area contributed by atoms with Crippen LogP contribution in [0.2, 0.25) is 0 Å². The first-order valence-corrected chi connectivity index (χ1v) is 15.9. The third-order valence-corrected chi connectivity index (χ3v) is 8.94. The van der Waals surface area contributed by atoms with Crippen molar-refractivity contribution in [1.29, 1.82) is 0 Å². The lowest BCUT2D eigenvalue weighted by Gasteiger charge is -2.40. The summed E-state index contributed by atoms with van der Waals surface area (Å²) < 4.78 is 2.82. The standard InChI is InChI=1S/C32H36BrN5O2S/c1-5-6-7-23-8-10-25(11-9-23)30(39)37-17-16-36(19-22(37)4)31(40)27-18-34-38(29(27)21(2)3)32-35-28(20-41-32)24-12-14-26(33)15-13-24/h8-15,18,20-22H,5-7,16-17,19H2,1-4H3. The molecule has 0 radical (unpaired) electrons. The molecule has 0 spiro atoms. The Kier molecular flexibility index (Phi) is 9.04. The van der Waals surface area contributed by atoms with E-state index in [0.29, 0.717) is 30.8 Å². The second kappa shape index (κ2) is 12.7. The van der Waals surface area contributed by atoms with E-state index in [2.05, 4.69) is 53.9 Å². The van der Waals surface area contributed by atoms with Gasteiger partial charge in [0.1, 0.15) is 0 Å². The molecule has 1 unspecified atom stereocenters. The fraction of sp³-hybridized carbons (Fsp3) is 0.375. The van der Waals surface area contributed by atoms with Gasteiger partial charge < -0.3 is 9.80 Å². The molecule has 1 atom stereocenters. The molecule has 5 rings (SSSR count). The average Bonchev–Trinajstić information content (AvgIpc) is 3.64. The summed E-state index contributed by atoms with van der Waals surface area (Å²) in [5, 5.41) is 7.37. The zero-order chi connectivity index (χ0) is 29.1. The summed E-state index contributed by atoms with van der Waals surface area (Å²) in [6, 6.07) is 15.9. The van der Waals surface area contributed by atoms with Crippen LogP contribution in [0.4, 0.5) is 0 Å². The van der Waals surface area contributed by atoms with Crippen molar-refractivity contribution < 1.29 is 9.59 Å². The molecule has 0 N–H and O–H groups in total. The van der Waals surface area contributed by atoms with E-state index >= 15 is 0 Å². The van der Waals surface area contributed by atoms with E-state index in [1.165, 1.54) is 16.9 Å². The number of benzene rings is 2. The number of nitrogens with zero attached hydrogens (tertiary/aromatic N) is 5. The van der Waals surface area contributed by atoms with Crippen molar-refractivity contribution in [2.75, 3.05) is 19.6 Å². The van der Waals surface area contributed by atoms with Crippen LogP contribution in [0, 0.1) is 0 Å². The normalized spacial score (nSPS) is 15.5. The summed E-state index contributed by atoms with van der Waals surface area (Å²) in [5.41, 5.74) is 5.30. The minimum absolute atomic E-state index is 0.0210. The predicted molar refractivity (Wildman–Crippen MR) is 168 cm³/mol. The Morgan fingerprint density at radius 3 is 2.44 bits per heavy atom. The number of hydrogen-bond donors (Lipinski definition) is 0. The van der Waals surface area contributed by atoms with Crippen LogP contribution in [-0.4, -0.2) is 62.1 Å². The van der Waals surface area contributed by atoms with Crippen LogP contribution in [-0.2, 0) is 6.42 Å². The first kappa shape index (κ1) is 29.2. The van der Waals surface area contributed by atoms with Gasteiger partial charge in [-0.1, -0.05) is 67.4 Å². The van der Waals surface area contributed by atoms with Crippen molar-refractivity contribution in [3.8, 4) is 16.4 Å². The molecule has 1 fully saturated rings. The van der Waals surface area contributed by atoms with E-state index in [1.54, 1.807) is 10.9 Å². The number of halogens is 1. The van der Waals surface area contributed by atoms with Crippen molar-refractivity contribution >= 4 is 39.1 Å². The van der Waals surface area contributed by atoms with Gasteiger partial charge in [0.25, 0.3) is 11.8 Å². The molecule has 2 aromatic carbocycles. The minimum Gasteiger partial charge on any atom is -0.335 e. The number of unbranched alkanes of at least 4 members (excludes halogenated alkanes) is 1. The van der Waals surface area contributed by atoms with Crippen LogP contribution in [0.3, 0.4) is 0 Å².